The van der Waals surface area contributed by atoms with E-state index in [1.54, 1.807) is 30.3 Å². The van der Waals surface area contributed by atoms with Crippen LogP contribution in [0.1, 0.15) is 11.1 Å². The van der Waals surface area contributed by atoms with Crippen LogP contribution in [0.5, 0.6) is 11.5 Å². The molecule has 9 heteroatoms. The van der Waals surface area contributed by atoms with Crippen molar-refractivity contribution in [3.63, 3.8) is 0 Å². The number of benzene rings is 3. The van der Waals surface area contributed by atoms with E-state index in [0.29, 0.717) is 10.7 Å². The molecule has 3 aromatic rings. The molecule has 1 N–H and O–H groups in total. The Labute approximate surface area is 204 Å². The molecule has 1 heterocycles. The van der Waals surface area contributed by atoms with Gasteiger partial charge in [0.15, 0.2) is 6.10 Å². The van der Waals surface area contributed by atoms with Gasteiger partial charge in [0.2, 0.25) is 0 Å². The summed E-state index contributed by atoms with van der Waals surface area (Å²) in [5.41, 5.74) is 2.58. The van der Waals surface area contributed by atoms with E-state index in [4.69, 9.17) is 21.1 Å². The molecule has 0 saturated heterocycles. The zero-order valence-corrected chi connectivity index (χ0v) is 20.4. The van der Waals surface area contributed by atoms with Gasteiger partial charge in [0.1, 0.15) is 18.1 Å². The maximum absolute atomic E-state index is 13.4. The normalized spacial score (nSPS) is 15.3. The summed E-state index contributed by atoms with van der Waals surface area (Å²) in [7, 11) is -3.94. The van der Waals surface area contributed by atoms with Gasteiger partial charge in [-0.3, -0.25) is 9.10 Å². The maximum atomic E-state index is 13.4. The first-order valence-electron chi connectivity index (χ1n) is 10.8. The second-order valence-corrected chi connectivity index (χ2v) is 10.3. The first-order valence-corrected chi connectivity index (χ1v) is 12.6. The average molecular weight is 501 g/mol. The monoisotopic (exact) mass is 500 g/mol. The minimum Gasteiger partial charge on any atom is -0.492 e. The van der Waals surface area contributed by atoms with Crippen molar-refractivity contribution in [3.05, 3.63) is 82.9 Å². The Morgan fingerprint density at radius 3 is 2.59 bits per heavy atom. The molecule has 34 heavy (non-hydrogen) atoms. The fourth-order valence-electron chi connectivity index (χ4n) is 3.57. The van der Waals surface area contributed by atoms with Crippen molar-refractivity contribution in [2.75, 3.05) is 24.0 Å². The largest absolute Gasteiger partial charge is 0.492 e. The molecule has 178 valence electrons. The zero-order chi connectivity index (χ0) is 24.3. The predicted molar refractivity (Wildman–Crippen MR) is 131 cm³/mol. The van der Waals surface area contributed by atoms with Gasteiger partial charge in [0.25, 0.3) is 15.9 Å². The Hall–Kier alpha value is -3.23. The molecule has 1 aliphatic heterocycles. The number of nitrogens with one attached hydrogen (secondary N) is 1. The van der Waals surface area contributed by atoms with Crippen molar-refractivity contribution in [1.29, 1.82) is 0 Å². The van der Waals surface area contributed by atoms with E-state index < -0.39 is 22.0 Å². The highest BCUT2D eigenvalue weighted by molar-refractivity contribution is 7.92. The summed E-state index contributed by atoms with van der Waals surface area (Å²) in [4.78, 5) is 13.0. The number of sulfonamides is 1. The van der Waals surface area contributed by atoms with Crippen LogP contribution >= 0.6 is 11.6 Å². The van der Waals surface area contributed by atoms with Crippen molar-refractivity contribution in [1.82, 2.24) is 5.32 Å². The van der Waals surface area contributed by atoms with Crippen molar-refractivity contribution in [2.45, 2.75) is 24.8 Å². The van der Waals surface area contributed by atoms with Gasteiger partial charge >= 0.3 is 0 Å². The van der Waals surface area contributed by atoms with Crippen molar-refractivity contribution in [3.8, 4) is 11.5 Å². The summed E-state index contributed by atoms with van der Waals surface area (Å²) < 4.78 is 39.5. The molecule has 0 aromatic heterocycles. The number of hydrogen-bond acceptors (Lipinski definition) is 5. The van der Waals surface area contributed by atoms with Crippen LogP contribution in [-0.4, -0.2) is 40.1 Å². The Morgan fingerprint density at radius 1 is 1.09 bits per heavy atom. The lowest BCUT2D eigenvalue weighted by Gasteiger charge is -2.34. The Bertz CT molecular complexity index is 1300. The molecule has 1 unspecified atom stereocenters. The SMILES string of the molecule is Cc1ccc(OCCNC(=O)C2CN(S(=O)(=O)c3ccccc3)c3cc(Cl)ccc3O2)cc1C. The highest BCUT2D eigenvalue weighted by atomic mass is 35.5. The summed E-state index contributed by atoms with van der Waals surface area (Å²) in [6, 6.07) is 18.5. The van der Waals surface area contributed by atoms with E-state index in [1.165, 1.54) is 28.1 Å². The van der Waals surface area contributed by atoms with Gasteiger partial charge in [-0.1, -0.05) is 35.9 Å². The van der Waals surface area contributed by atoms with E-state index in [9.17, 15) is 13.2 Å². The van der Waals surface area contributed by atoms with Gasteiger partial charge < -0.3 is 14.8 Å². The average Bonchev–Trinajstić information content (AvgIpc) is 2.83. The number of hydrogen-bond donors (Lipinski definition) is 1. The first kappa shape index (κ1) is 23.9. The number of nitrogens with zero attached hydrogens (tertiary/aromatic N) is 1. The van der Waals surface area contributed by atoms with Crippen molar-refractivity contribution < 1.29 is 22.7 Å². The lowest BCUT2D eigenvalue weighted by molar-refractivity contribution is -0.127. The summed E-state index contributed by atoms with van der Waals surface area (Å²) in [5.74, 6) is 0.552. The predicted octanol–water partition coefficient (Wildman–Crippen LogP) is 4.11. The van der Waals surface area contributed by atoms with E-state index >= 15 is 0 Å². The molecule has 0 aliphatic carbocycles. The van der Waals surface area contributed by atoms with E-state index in [-0.39, 0.29) is 30.3 Å². The molecule has 0 bridgehead atoms. The van der Waals surface area contributed by atoms with Crippen LogP contribution in [-0.2, 0) is 14.8 Å². The summed E-state index contributed by atoms with van der Waals surface area (Å²) in [6.45, 7) is 4.35. The Balaban J connectivity index is 1.47. The number of carbonyl (C=O) groups is 1. The first-order chi connectivity index (χ1) is 16.3. The molecule has 0 saturated carbocycles. The number of halogens is 1. The molecule has 0 radical (unpaired) electrons. The van der Waals surface area contributed by atoms with Gasteiger partial charge in [-0.25, -0.2) is 8.42 Å². The zero-order valence-electron chi connectivity index (χ0n) is 18.8. The van der Waals surface area contributed by atoms with Crippen LogP contribution in [0.4, 0.5) is 5.69 Å². The molecule has 1 amide bonds. The number of fused-ring (bicyclic) bond motifs is 1. The smallest absolute Gasteiger partial charge is 0.264 e. The number of anilines is 1. The van der Waals surface area contributed by atoms with Crippen LogP contribution < -0.4 is 19.1 Å². The maximum Gasteiger partial charge on any atom is 0.264 e. The molecule has 1 aliphatic rings. The molecule has 7 nitrogen and oxygen atoms in total. The molecular formula is C25H25ClN2O5S. The lowest BCUT2D eigenvalue weighted by Crippen LogP contribution is -2.51. The number of amides is 1. The van der Waals surface area contributed by atoms with Crippen LogP contribution in [0.2, 0.25) is 5.02 Å². The van der Waals surface area contributed by atoms with Gasteiger partial charge in [-0.2, -0.15) is 0 Å². The highest BCUT2D eigenvalue weighted by Gasteiger charge is 2.37. The van der Waals surface area contributed by atoms with E-state index in [1.807, 2.05) is 32.0 Å². The number of rotatable bonds is 7. The second kappa shape index (κ2) is 9.95. The van der Waals surface area contributed by atoms with Gasteiger partial charge in [-0.15, -0.1) is 0 Å². The minimum absolute atomic E-state index is 0.115. The third kappa shape index (κ3) is 5.13. The Morgan fingerprint density at radius 2 is 1.85 bits per heavy atom. The molecule has 0 fully saturated rings. The third-order valence-electron chi connectivity index (χ3n) is 5.56. The second-order valence-electron chi connectivity index (χ2n) is 7.95. The fraction of sp³-hybridized carbons (Fsp3) is 0.240. The van der Waals surface area contributed by atoms with Crippen LogP contribution in [0.25, 0.3) is 0 Å². The van der Waals surface area contributed by atoms with Gasteiger partial charge in [0.05, 0.1) is 23.7 Å². The van der Waals surface area contributed by atoms with Crippen LogP contribution in [0.3, 0.4) is 0 Å². The quantitative estimate of drug-likeness (QED) is 0.493. The summed E-state index contributed by atoms with van der Waals surface area (Å²) >= 11 is 6.12. The highest BCUT2D eigenvalue weighted by Crippen LogP contribution is 2.38. The molecule has 3 aromatic carbocycles. The topological polar surface area (TPSA) is 84.9 Å². The van der Waals surface area contributed by atoms with Gasteiger partial charge in [0, 0.05) is 5.02 Å². The van der Waals surface area contributed by atoms with Gasteiger partial charge in [-0.05, 0) is 67.4 Å². The molecular weight excluding hydrogens is 476 g/mol. The van der Waals surface area contributed by atoms with Crippen LogP contribution in [0.15, 0.2) is 71.6 Å². The van der Waals surface area contributed by atoms with E-state index in [0.717, 1.165) is 11.3 Å². The number of aryl methyl sites for hydroxylation is 2. The van der Waals surface area contributed by atoms with Crippen molar-refractivity contribution in [2.24, 2.45) is 0 Å². The molecule has 4 rings (SSSR count). The third-order valence-corrected chi connectivity index (χ3v) is 7.59. The van der Waals surface area contributed by atoms with Crippen molar-refractivity contribution >= 4 is 33.2 Å². The number of carbonyl (C=O) groups excluding carboxylic acids is 1. The number of ether oxygens (including phenoxy) is 2. The fourth-order valence-corrected chi connectivity index (χ4v) is 5.22. The molecule has 1 atom stereocenters. The summed E-state index contributed by atoms with van der Waals surface area (Å²) in [5, 5.41) is 3.13. The lowest BCUT2D eigenvalue weighted by atomic mass is 10.1. The summed E-state index contributed by atoms with van der Waals surface area (Å²) in [6.07, 6.45) is -1.03. The van der Waals surface area contributed by atoms with E-state index in [2.05, 4.69) is 5.32 Å². The van der Waals surface area contributed by atoms with Crippen LogP contribution in [0, 0.1) is 13.8 Å². The Kier molecular flexibility index (Phi) is 7.00. The minimum atomic E-state index is -3.94. The molecule has 0 spiro atoms. The standard InChI is InChI=1S/C25H25ClN2O5S/c1-17-8-10-20(14-18(17)2)32-13-12-27-25(29)24-16-28(22-15-19(26)9-11-23(22)33-24)34(30,31)21-6-4-3-5-7-21/h3-11,14-15,24H,12-13,16H2,1-2H3,(H,27,29).